The first-order valence-electron chi connectivity index (χ1n) is 9.07. The number of methoxy groups -OCH3 is 1. The smallest absolute Gasteiger partial charge is 0.411 e. The molecule has 0 saturated heterocycles. The van der Waals surface area contributed by atoms with Crippen molar-refractivity contribution in [3.05, 3.63) is 75.5 Å². The molecule has 7 nitrogen and oxygen atoms in total. The molecule has 2 aromatic carbocycles. The lowest BCUT2D eigenvalue weighted by atomic mass is 9.98. The Labute approximate surface area is 175 Å². The van der Waals surface area contributed by atoms with Crippen LogP contribution >= 0.6 is 11.3 Å². The topological polar surface area (TPSA) is 102 Å². The molecule has 0 bridgehead atoms. The average molecular weight is 423 g/mol. The molecule has 3 aromatic rings. The molecule has 2 N–H and O–H groups in total. The van der Waals surface area contributed by atoms with Gasteiger partial charge >= 0.3 is 18.0 Å². The first kappa shape index (κ1) is 19.7. The van der Waals surface area contributed by atoms with E-state index in [9.17, 15) is 14.4 Å². The number of carboxylic acids is 1. The Bertz CT molecular complexity index is 1110. The number of nitrogens with one attached hydrogen (secondary N) is 1. The Kier molecular flexibility index (Phi) is 5.24. The van der Waals surface area contributed by atoms with E-state index < -0.39 is 18.0 Å². The van der Waals surface area contributed by atoms with Gasteiger partial charge in [0.05, 0.1) is 12.8 Å². The van der Waals surface area contributed by atoms with Gasteiger partial charge in [0.25, 0.3) is 0 Å². The number of benzene rings is 2. The molecular weight excluding hydrogens is 406 g/mol. The van der Waals surface area contributed by atoms with E-state index in [0.29, 0.717) is 0 Å². The van der Waals surface area contributed by atoms with Crippen molar-refractivity contribution in [2.24, 2.45) is 0 Å². The molecule has 1 heterocycles. The summed E-state index contributed by atoms with van der Waals surface area (Å²) in [6.45, 7) is 0.101. The number of anilines is 1. The molecule has 8 heteroatoms. The highest BCUT2D eigenvalue weighted by atomic mass is 32.1. The molecule has 1 aromatic heterocycles. The van der Waals surface area contributed by atoms with Crippen molar-refractivity contribution in [1.29, 1.82) is 0 Å². The summed E-state index contributed by atoms with van der Waals surface area (Å²) in [5.41, 5.74) is 4.41. The van der Waals surface area contributed by atoms with Crippen molar-refractivity contribution in [3.63, 3.8) is 0 Å². The third-order valence-electron chi connectivity index (χ3n) is 4.89. The first-order valence-corrected chi connectivity index (χ1v) is 9.88. The van der Waals surface area contributed by atoms with Crippen LogP contribution in [0.3, 0.4) is 0 Å². The third-order valence-corrected chi connectivity index (χ3v) is 6.00. The van der Waals surface area contributed by atoms with Gasteiger partial charge in [-0.2, -0.15) is 0 Å². The minimum absolute atomic E-state index is 0.0107. The van der Waals surface area contributed by atoms with Crippen LogP contribution in [0.4, 0.5) is 10.5 Å². The highest BCUT2D eigenvalue weighted by Crippen LogP contribution is 2.44. The zero-order chi connectivity index (χ0) is 21.3. The second kappa shape index (κ2) is 8.00. The van der Waals surface area contributed by atoms with Crippen molar-refractivity contribution in [2.75, 3.05) is 19.0 Å². The van der Waals surface area contributed by atoms with Crippen molar-refractivity contribution in [1.82, 2.24) is 0 Å². The minimum Gasteiger partial charge on any atom is -0.477 e. The summed E-state index contributed by atoms with van der Waals surface area (Å²) >= 11 is 0.723. The highest BCUT2D eigenvalue weighted by molar-refractivity contribution is 7.16. The van der Waals surface area contributed by atoms with Crippen molar-refractivity contribution in [3.8, 4) is 11.1 Å². The summed E-state index contributed by atoms with van der Waals surface area (Å²) in [7, 11) is 1.18. The highest BCUT2D eigenvalue weighted by Gasteiger charge is 2.29. The zero-order valence-electron chi connectivity index (χ0n) is 15.9. The Morgan fingerprint density at radius 1 is 1.03 bits per heavy atom. The van der Waals surface area contributed by atoms with Crippen LogP contribution < -0.4 is 5.32 Å². The molecular formula is C22H17NO6S. The van der Waals surface area contributed by atoms with Crippen LogP contribution in [0, 0.1) is 0 Å². The number of hydrogen-bond acceptors (Lipinski definition) is 6. The maximum atomic E-state index is 12.4. The van der Waals surface area contributed by atoms with E-state index in [0.717, 1.165) is 33.6 Å². The van der Waals surface area contributed by atoms with Crippen LogP contribution in [0.1, 0.15) is 36.4 Å². The number of ether oxygens (including phenoxy) is 2. The molecule has 0 fully saturated rings. The zero-order valence-corrected chi connectivity index (χ0v) is 16.7. The fourth-order valence-corrected chi connectivity index (χ4v) is 4.45. The predicted molar refractivity (Wildman–Crippen MR) is 111 cm³/mol. The quantitative estimate of drug-likeness (QED) is 0.582. The van der Waals surface area contributed by atoms with E-state index in [1.807, 2.05) is 48.5 Å². The fraction of sp³-hybridized carbons (Fsp3) is 0.136. The van der Waals surface area contributed by atoms with E-state index in [1.165, 1.54) is 13.2 Å². The van der Waals surface area contributed by atoms with Gasteiger partial charge in [-0.15, -0.1) is 11.3 Å². The second-order valence-electron chi connectivity index (χ2n) is 6.60. The van der Waals surface area contributed by atoms with E-state index in [-0.39, 0.29) is 28.0 Å². The van der Waals surface area contributed by atoms with E-state index >= 15 is 0 Å². The number of fused-ring (bicyclic) bond motifs is 3. The van der Waals surface area contributed by atoms with E-state index in [4.69, 9.17) is 9.84 Å². The van der Waals surface area contributed by atoms with Crippen LogP contribution in [-0.2, 0) is 9.47 Å². The van der Waals surface area contributed by atoms with E-state index in [1.54, 1.807) is 0 Å². The molecule has 4 rings (SSSR count). The number of carbonyl (C=O) groups excluding carboxylic acids is 2. The first-order chi connectivity index (χ1) is 14.5. The molecule has 30 heavy (non-hydrogen) atoms. The third kappa shape index (κ3) is 3.53. The van der Waals surface area contributed by atoms with Crippen LogP contribution in [0.25, 0.3) is 11.1 Å². The lowest BCUT2D eigenvalue weighted by molar-refractivity contribution is 0.0606. The maximum absolute atomic E-state index is 12.4. The number of carboxylic acid groups (broad SMARTS) is 1. The number of hydrogen-bond donors (Lipinski definition) is 2. The lowest BCUT2D eigenvalue weighted by Gasteiger charge is -2.14. The SMILES string of the molecule is COC(=O)c1sc(C(=O)O)cc1NC(=O)OCC1c2ccccc2-c2ccccc21. The molecule has 0 unspecified atom stereocenters. The van der Waals surface area contributed by atoms with Crippen molar-refractivity contribution < 1.29 is 29.0 Å². The number of rotatable bonds is 5. The van der Waals surface area contributed by atoms with Gasteiger partial charge in [0.15, 0.2) is 0 Å². The van der Waals surface area contributed by atoms with Crippen LogP contribution in [0.2, 0.25) is 0 Å². The molecule has 0 aliphatic heterocycles. The fourth-order valence-electron chi connectivity index (χ4n) is 3.58. The number of esters is 1. The molecule has 0 saturated carbocycles. The van der Waals surface area contributed by atoms with Gasteiger partial charge in [-0.3, -0.25) is 5.32 Å². The number of carbonyl (C=O) groups is 3. The summed E-state index contributed by atoms with van der Waals surface area (Å²) in [6, 6.07) is 17.1. The van der Waals surface area contributed by atoms with E-state index in [2.05, 4.69) is 10.1 Å². The summed E-state index contributed by atoms with van der Waals surface area (Å²) in [6.07, 6.45) is -0.781. The monoisotopic (exact) mass is 423 g/mol. The summed E-state index contributed by atoms with van der Waals surface area (Å²) in [4.78, 5) is 35.4. The van der Waals surface area contributed by atoms with Gasteiger partial charge in [0, 0.05) is 5.92 Å². The molecule has 1 aliphatic rings. The van der Waals surface area contributed by atoms with Crippen LogP contribution in [0.15, 0.2) is 54.6 Å². The summed E-state index contributed by atoms with van der Waals surface area (Å²) in [5.74, 6) is -2.05. The number of thiophene rings is 1. The maximum Gasteiger partial charge on any atom is 0.411 e. The van der Waals surface area contributed by atoms with Gasteiger partial charge in [-0.05, 0) is 28.3 Å². The molecule has 0 atom stereocenters. The lowest BCUT2D eigenvalue weighted by Crippen LogP contribution is -2.18. The summed E-state index contributed by atoms with van der Waals surface area (Å²) in [5, 5.41) is 11.6. The number of aromatic carboxylic acids is 1. The Hall–Kier alpha value is -3.65. The average Bonchev–Trinajstić information content (AvgIpc) is 3.31. The van der Waals surface area contributed by atoms with Crippen LogP contribution in [0.5, 0.6) is 0 Å². The van der Waals surface area contributed by atoms with Crippen molar-refractivity contribution in [2.45, 2.75) is 5.92 Å². The second-order valence-corrected chi connectivity index (χ2v) is 7.65. The van der Waals surface area contributed by atoms with Crippen molar-refractivity contribution >= 4 is 35.1 Å². The Morgan fingerprint density at radius 3 is 2.20 bits per heavy atom. The van der Waals surface area contributed by atoms with Gasteiger partial charge in [0.2, 0.25) is 0 Å². The molecule has 0 radical (unpaired) electrons. The van der Waals surface area contributed by atoms with Crippen LogP contribution in [-0.4, -0.2) is 36.9 Å². The largest absolute Gasteiger partial charge is 0.477 e. The predicted octanol–water partition coefficient (Wildman–Crippen LogP) is 4.59. The van der Waals surface area contributed by atoms with Gasteiger partial charge in [-0.1, -0.05) is 48.5 Å². The standard InChI is InChI=1S/C22H17NO6S/c1-28-21(26)19-17(10-18(30-19)20(24)25)23-22(27)29-11-16-14-8-4-2-6-12(14)13-7-3-5-9-15(13)16/h2-10,16H,11H2,1H3,(H,23,27)(H,24,25). The molecule has 0 spiro atoms. The molecule has 1 amide bonds. The Morgan fingerprint density at radius 2 is 1.63 bits per heavy atom. The minimum atomic E-state index is -1.20. The normalized spacial score (nSPS) is 12.0. The molecule has 152 valence electrons. The number of amides is 1. The van der Waals surface area contributed by atoms with Gasteiger partial charge < -0.3 is 14.6 Å². The molecule has 1 aliphatic carbocycles. The Balaban J connectivity index is 1.51. The van der Waals surface area contributed by atoms with Gasteiger partial charge in [-0.25, -0.2) is 14.4 Å². The summed E-state index contributed by atoms with van der Waals surface area (Å²) < 4.78 is 10.1. The van der Waals surface area contributed by atoms with Gasteiger partial charge in [0.1, 0.15) is 16.4 Å².